The lowest BCUT2D eigenvalue weighted by molar-refractivity contribution is -0.422. The Labute approximate surface area is 77.4 Å². The molecule has 3 nitrogen and oxygen atoms in total. The van der Waals surface area contributed by atoms with Gasteiger partial charge in [-0.2, -0.15) is 13.2 Å². The smallest absolute Gasteiger partial charge is 0.429 e. The van der Waals surface area contributed by atoms with Crippen LogP contribution in [0.3, 0.4) is 0 Å². The Morgan fingerprint density at radius 2 is 1.50 bits per heavy atom. The van der Waals surface area contributed by atoms with Crippen LogP contribution in [-0.4, -0.2) is 22.4 Å². The molecule has 1 atom stereocenters. The van der Waals surface area contributed by atoms with Crippen LogP contribution in [0.5, 0.6) is 5.75 Å². The molecule has 0 spiro atoms. The average molecular weight is 208 g/mol. The van der Waals surface area contributed by atoms with E-state index < -0.39 is 12.1 Å². The monoisotopic (exact) mass is 208 g/mol. The summed E-state index contributed by atoms with van der Waals surface area (Å²) in [5.41, 5.74) is 0. The first-order valence-electron chi connectivity index (χ1n) is 3.58. The predicted octanol–water partition coefficient (Wildman–Crippen LogP) is 1.27. The fourth-order valence-electron chi connectivity index (χ4n) is 0.706. The van der Waals surface area contributed by atoms with Crippen LogP contribution in [0.4, 0.5) is 13.2 Å². The summed E-state index contributed by atoms with van der Waals surface area (Å²) in [6.07, 6.45) is -4.98. The molecule has 0 bridgehead atoms. The Morgan fingerprint density at radius 1 is 1.00 bits per heavy atom. The minimum Gasteiger partial charge on any atom is -0.429 e. The van der Waals surface area contributed by atoms with Crippen molar-refractivity contribution in [3.63, 3.8) is 0 Å². The van der Waals surface area contributed by atoms with Crippen molar-refractivity contribution >= 4 is 0 Å². The summed E-state index contributed by atoms with van der Waals surface area (Å²) in [4.78, 5) is 0. The molecule has 1 rings (SSSR count). The molecule has 6 heteroatoms. The largest absolute Gasteiger partial charge is 0.456 e. The van der Waals surface area contributed by atoms with Gasteiger partial charge in [0.25, 0.3) is 0 Å². The highest BCUT2D eigenvalue weighted by Gasteiger charge is 2.56. The second kappa shape index (κ2) is 3.47. The maximum atomic E-state index is 12.6. The summed E-state index contributed by atoms with van der Waals surface area (Å²) < 4.78 is 40.5. The maximum absolute atomic E-state index is 12.6. The fourth-order valence-corrected chi connectivity index (χ4v) is 0.706. The molecule has 0 saturated carbocycles. The Balaban J connectivity index is 2.79. The molecule has 1 aromatic carbocycles. The highest BCUT2D eigenvalue weighted by molar-refractivity contribution is 5.21. The van der Waals surface area contributed by atoms with Gasteiger partial charge in [0.1, 0.15) is 5.75 Å². The molecule has 0 amide bonds. The minimum atomic E-state index is -4.98. The van der Waals surface area contributed by atoms with E-state index in [0.29, 0.717) is 0 Å². The normalized spacial score (nSPS) is 16.1. The number of benzene rings is 1. The minimum absolute atomic E-state index is 0.328. The molecule has 1 unspecified atom stereocenters. The molecule has 0 aliphatic carbocycles. The van der Waals surface area contributed by atoms with Crippen molar-refractivity contribution in [3.8, 4) is 5.75 Å². The maximum Gasteiger partial charge on any atom is 0.456 e. The molecule has 1 aromatic rings. The number of aliphatic hydroxyl groups is 2. The average Bonchev–Trinajstić information content (AvgIpc) is 2.03. The first-order valence-corrected chi connectivity index (χ1v) is 3.58. The number of hydrogen-bond donors (Lipinski definition) is 2. The Kier molecular flexibility index (Phi) is 2.68. The van der Waals surface area contributed by atoms with E-state index in [1.165, 1.54) is 12.1 Å². The summed E-state index contributed by atoms with van der Waals surface area (Å²) in [7, 11) is 0. The van der Waals surface area contributed by atoms with Gasteiger partial charge in [-0.15, -0.1) is 0 Å². The summed E-state index contributed by atoms with van der Waals surface area (Å²) in [6.45, 7) is 0. The summed E-state index contributed by atoms with van der Waals surface area (Å²) in [5.74, 6) is -0.328. The lowest BCUT2D eigenvalue weighted by Crippen LogP contribution is -2.48. The lowest BCUT2D eigenvalue weighted by Gasteiger charge is -2.23. The van der Waals surface area contributed by atoms with Gasteiger partial charge >= 0.3 is 12.1 Å². The molecule has 0 fully saturated rings. The molecule has 0 aliphatic rings. The van der Waals surface area contributed by atoms with E-state index in [4.69, 9.17) is 10.2 Å². The van der Waals surface area contributed by atoms with E-state index in [1.54, 1.807) is 6.07 Å². The number of rotatable bonds is 3. The van der Waals surface area contributed by atoms with Crippen LogP contribution in [0.25, 0.3) is 0 Å². The topological polar surface area (TPSA) is 49.7 Å². The SMILES string of the molecule is OC(F)(F)C(O)(F)Oc1ccccc1. The predicted molar refractivity (Wildman–Crippen MR) is 40.3 cm³/mol. The third-order valence-electron chi connectivity index (χ3n) is 1.37. The second-order valence-corrected chi connectivity index (χ2v) is 2.52. The Morgan fingerprint density at radius 3 is 1.93 bits per heavy atom. The molecule has 78 valence electrons. The zero-order valence-corrected chi connectivity index (χ0v) is 6.82. The van der Waals surface area contributed by atoms with Crippen molar-refractivity contribution < 1.29 is 28.1 Å². The van der Waals surface area contributed by atoms with Crippen LogP contribution >= 0.6 is 0 Å². The fraction of sp³-hybridized carbons (Fsp3) is 0.250. The van der Waals surface area contributed by atoms with Gasteiger partial charge in [-0.1, -0.05) is 18.2 Å². The van der Waals surface area contributed by atoms with Crippen LogP contribution < -0.4 is 4.74 Å². The number of hydrogen-bond acceptors (Lipinski definition) is 3. The van der Waals surface area contributed by atoms with Gasteiger partial charge in [-0.25, -0.2) is 0 Å². The molecule has 0 radical (unpaired) electrons. The van der Waals surface area contributed by atoms with Gasteiger partial charge in [0, 0.05) is 0 Å². The van der Waals surface area contributed by atoms with E-state index in [2.05, 4.69) is 4.74 Å². The van der Waals surface area contributed by atoms with E-state index in [1.807, 2.05) is 0 Å². The lowest BCUT2D eigenvalue weighted by atomic mass is 10.3. The van der Waals surface area contributed by atoms with Gasteiger partial charge in [-0.05, 0) is 12.1 Å². The first-order chi connectivity index (χ1) is 6.33. The van der Waals surface area contributed by atoms with E-state index in [9.17, 15) is 13.2 Å². The van der Waals surface area contributed by atoms with Gasteiger partial charge in [-0.3, -0.25) is 0 Å². The molecule has 2 N–H and O–H groups in total. The molecule has 0 aromatic heterocycles. The van der Waals surface area contributed by atoms with Crippen LogP contribution in [-0.2, 0) is 0 Å². The van der Waals surface area contributed by atoms with E-state index >= 15 is 0 Å². The van der Waals surface area contributed by atoms with Crippen molar-refractivity contribution in [1.82, 2.24) is 0 Å². The van der Waals surface area contributed by atoms with Crippen molar-refractivity contribution in [2.24, 2.45) is 0 Å². The van der Waals surface area contributed by atoms with Crippen molar-refractivity contribution in [2.45, 2.75) is 12.1 Å². The van der Waals surface area contributed by atoms with Crippen molar-refractivity contribution in [2.75, 3.05) is 0 Å². The van der Waals surface area contributed by atoms with Gasteiger partial charge in [0.15, 0.2) is 0 Å². The highest BCUT2D eigenvalue weighted by atomic mass is 19.3. The van der Waals surface area contributed by atoms with Gasteiger partial charge in [0.05, 0.1) is 0 Å². The quantitative estimate of drug-likeness (QED) is 0.735. The van der Waals surface area contributed by atoms with Gasteiger partial charge in [0.2, 0.25) is 0 Å². The highest BCUT2D eigenvalue weighted by Crippen LogP contribution is 2.30. The molecule has 14 heavy (non-hydrogen) atoms. The molecule has 0 aliphatic heterocycles. The van der Waals surface area contributed by atoms with Crippen LogP contribution in [0.15, 0.2) is 30.3 Å². The molecular formula is C8H7F3O3. The van der Waals surface area contributed by atoms with E-state index in [0.717, 1.165) is 12.1 Å². The number of halogens is 3. The number of alkyl halides is 3. The van der Waals surface area contributed by atoms with Crippen molar-refractivity contribution in [1.29, 1.82) is 0 Å². The van der Waals surface area contributed by atoms with Crippen molar-refractivity contribution in [3.05, 3.63) is 30.3 Å². The summed E-state index contributed by atoms with van der Waals surface area (Å²) in [6, 6.07) is 2.18. The Bertz CT molecular complexity index is 294. The number of ether oxygens (including phenoxy) is 1. The third-order valence-corrected chi connectivity index (χ3v) is 1.37. The summed E-state index contributed by atoms with van der Waals surface area (Å²) >= 11 is 0. The second-order valence-electron chi connectivity index (χ2n) is 2.52. The first kappa shape index (κ1) is 10.8. The molecular weight excluding hydrogens is 201 g/mol. The zero-order chi connectivity index (χ0) is 10.8. The van der Waals surface area contributed by atoms with Crippen LogP contribution in [0.1, 0.15) is 0 Å². The standard InChI is InChI=1S/C8H7F3O3/c9-7(10,12)8(11,13)14-6-4-2-1-3-5-6/h1-5,12-13H. The van der Waals surface area contributed by atoms with Crippen LogP contribution in [0.2, 0.25) is 0 Å². The number of para-hydroxylation sites is 1. The zero-order valence-electron chi connectivity index (χ0n) is 6.82. The van der Waals surface area contributed by atoms with E-state index in [-0.39, 0.29) is 5.75 Å². The van der Waals surface area contributed by atoms with Crippen LogP contribution in [0, 0.1) is 0 Å². The molecule has 0 heterocycles. The molecule has 0 saturated heterocycles. The summed E-state index contributed by atoms with van der Waals surface area (Å²) in [5, 5.41) is 16.3. The van der Waals surface area contributed by atoms with Gasteiger partial charge < -0.3 is 14.9 Å². The Hall–Kier alpha value is -1.27. The third kappa shape index (κ3) is 2.36.